The molecule has 0 radical (unpaired) electrons. The lowest BCUT2D eigenvalue weighted by atomic mass is 9.62. The molecule has 4 unspecified atom stereocenters. The number of hydrogen-bond donors (Lipinski definition) is 2. The predicted octanol–water partition coefficient (Wildman–Crippen LogP) is 5.12. The van der Waals surface area contributed by atoms with Gasteiger partial charge in [0.25, 0.3) is 0 Å². The molecule has 2 saturated carbocycles. The molecule has 6 rings (SSSR count). The van der Waals surface area contributed by atoms with Gasteiger partial charge in [-0.1, -0.05) is 32.6 Å². The van der Waals surface area contributed by atoms with Crippen molar-refractivity contribution >= 4 is 5.52 Å². The summed E-state index contributed by atoms with van der Waals surface area (Å²) >= 11 is 0. The monoisotopic (exact) mass is 558 g/mol. The van der Waals surface area contributed by atoms with E-state index in [-0.39, 0.29) is 29.2 Å². The Balaban J connectivity index is 1.31. The molecule has 7 nitrogen and oxygen atoms in total. The number of pyridine rings is 1. The Hall–Kier alpha value is -2.35. The van der Waals surface area contributed by atoms with Crippen LogP contribution in [0.3, 0.4) is 0 Å². The number of nitrogens with one attached hydrogen (secondary N) is 2. The van der Waals surface area contributed by atoms with E-state index in [1.807, 2.05) is 0 Å². The number of likely N-dealkylation sites (tertiary alicyclic amines) is 1. The average Bonchev–Trinajstić information content (AvgIpc) is 3.49. The molecule has 2 aliphatic carbocycles. The van der Waals surface area contributed by atoms with Crippen molar-refractivity contribution in [2.45, 2.75) is 89.5 Å². The molecule has 0 aromatic carbocycles. The first-order chi connectivity index (χ1) is 19.2. The Bertz CT molecular complexity index is 1310. The van der Waals surface area contributed by atoms with Gasteiger partial charge < -0.3 is 0 Å². The molecule has 2 saturated heterocycles. The number of hydrogen-bond acceptors (Lipinski definition) is 5. The van der Waals surface area contributed by atoms with E-state index >= 15 is 0 Å². The largest absolute Gasteiger partial charge is 0.418 e. The van der Waals surface area contributed by atoms with Crippen LogP contribution in [0.1, 0.15) is 81.9 Å². The van der Waals surface area contributed by atoms with E-state index in [2.05, 4.69) is 28.7 Å². The SMILES string of the molecule is C[C@H]1CCCN(Cc2cc(C(F)(F)F)c3cn(C4CCCC([C@@H](C5CCC5)C5NNCC5C#N)C4)c(=O)n3c2)C1. The first-order valence-electron chi connectivity index (χ1n) is 15.2. The van der Waals surface area contributed by atoms with E-state index in [1.165, 1.54) is 23.1 Å². The van der Waals surface area contributed by atoms with Gasteiger partial charge in [-0.25, -0.2) is 4.79 Å². The molecule has 4 fully saturated rings. The number of nitriles is 1. The third-order valence-corrected chi connectivity index (χ3v) is 10.2. The van der Waals surface area contributed by atoms with Gasteiger partial charge in [-0.15, -0.1) is 0 Å². The first-order valence-corrected chi connectivity index (χ1v) is 15.2. The van der Waals surface area contributed by atoms with Crippen LogP contribution in [0.4, 0.5) is 13.2 Å². The van der Waals surface area contributed by atoms with Crippen LogP contribution in [-0.2, 0) is 12.7 Å². The fraction of sp³-hybridized carbons (Fsp3) is 0.733. The molecule has 4 heterocycles. The van der Waals surface area contributed by atoms with Crippen LogP contribution < -0.4 is 16.5 Å². The summed E-state index contributed by atoms with van der Waals surface area (Å²) in [5.41, 5.74) is 5.93. The minimum Gasteiger partial charge on any atom is -0.299 e. The highest BCUT2D eigenvalue weighted by Gasteiger charge is 2.45. The summed E-state index contributed by atoms with van der Waals surface area (Å²) in [5, 5.41) is 9.76. The molecular formula is C30H41F3N6O. The van der Waals surface area contributed by atoms with E-state index in [9.17, 15) is 23.2 Å². The van der Waals surface area contributed by atoms with Gasteiger partial charge >= 0.3 is 11.9 Å². The van der Waals surface area contributed by atoms with Crippen LogP contribution in [0.15, 0.2) is 23.3 Å². The van der Waals surface area contributed by atoms with Crippen LogP contribution in [0.2, 0.25) is 0 Å². The van der Waals surface area contributed by atoms with Crippen molar-refractivity contribution in [3.8, 4) is 6.07 Å². The number of fused-ring (bicyclic) bond motifs is 1. The molecule has 4 aliphatic rings. The van der Waals surface area contributed by atoms with Gasteiger partial charge in [-0.3, -0.25) is 24.7 Å². The number of aromatic nitrogens is 2. The van der Waals surface area contributed by atoms with Gasteiger partial charge in [0.2, 0.25) is 0 Å². The standard InChI is InChI=1S/C30H41F3N6O/c1-19-5-4-10-37(15-19)16-20-11-25(30(31,32)33)26-18-38(29(40)39(26)17-20)24-9-3-8-22(12-24)27(21-6-2-7-21)28-23(13-34)14-35-36-28/h11,17-19,21-24,27-28,35-36H,2-10,12,14-16H2,1H3/t19-,22?,23?,24?,27+,28?/m0/s1. The van der Waals surface area contributed by atoms with Crippen molar-refractivity contribution in [1.29, 1.82) is 5.26 Å². The van der Waals surface area contributed by atoms with Crippen molar-refractivity contribution in [2.75, 3.05) is 19.6 Å². The third kappa shape index (κ3) is 5.33. The van der Waals surface area contributed by atoms with Gasteiger partial charge in [-0.05, 0) is 74.0 Å². The minimum atomic E-state index is -4.55. The van der Waals surface area contributed by atoms with Crippen molar-refractivity contribution in [1.82, 2.24) is 24.7 Å². The number of nitrogens with zero attached hydrogens (tertiary/aromatic N) is 4. The van der Waals surface area contributed by atoms with Crippen molar-refractivity contribution in [3.63, 3.8) is 0 Å². The summed E-state index contributed by atoms with van der Waals surface area (Å²) in [6.07, 6.45) is 7.74. The number of imidazole rings is 1. The quantitative estimate of drug-likeness (QED) is 0.515. The zero-order valence-corrected chi connectivity index (χ0v) is 23.3. The molecule has 6 atom stereocenters. The second kappa shape index (κ2) is 11.1. The molecule has 0 bridgehead atoms. The van der Waals surface area contributed by atoms with E-state index < -0.39 is 11.7 Å². The van der Waals surface area contributed by atoms with Gasteiger partial charge in [0, 0.05) is 44.1 Å². The lowest BCUT2D eigenvalue weighted by Crippen LogP contribution is -2.47. The molecule has 2 aliphatic heterocycles. The lowest BCUT2D eigenvalue weighted by molar-refractivity contribution is -0.136. The molecule has 2 N–H and O–H groups in total. The van der Waals surface area contributed by atoms with E-state index in [0.717, 1.165) is 64.5 Å². The van der Waals surface area contributed by atoms with Gasteiger partial charge in [0.15, 0.2) is 0 Å². The lowest BCUT2D eigenvalue weighted by Gasteiger charge is -2.45. The van der Waals surface area contributed by atoms with Crippen LogP contribution in [0.5, 0.6) is 0 Å². The average molecular weight is 559 g/mol. The van der Waals surface area contributed by atoms with Crippen LogP contribution >= 0.6 is 0 Å². The smallest absolute Gasteiger partial charge is 0.299 e. The number of rotatable bonds is 6. The van der Waals surface area contributed by atoms with E-state index in [0.29, 0.717) is 42.3 Å². The summed E-state index contributed by atoms with van der Waals surface area (Å²) in [5.74, 6) is 1.63. The summed E-state index contributed by atoms with van der Waals surface area (Å²) in [6.45, 7) is 4.94. The Morgan fingerprint density at radius 3 is 2.58 bits per heavy atom. The summed E-state index contributed by atoms with van der Waals surface area (Å²) in [6, 6.07) is 3.64. The fourth-order valence-electron chi connectivity index (χ4n) is 8.13. The van der Waals surface area contributed by atoms with Crippen molar-refractivity contribution in [2.24, 2.45) is 29.6 Å². The number of piperidine rings is 1. The summed E-state index contributed by atoms with van der Waals surface area (Å²) in [7, 11) is 0. The van der Waals surface area contributed by atoms with Crippen molar-refractivity contribution < 1.29 is 13.2 Å². The van der Waals surface area contributed by atoms with Crippen LogP contribution in [-0.4, -0.2) is 39.5 Å². The molecule has 2 aromatic heterocycles. The first kappa shape index (κ1) is 27.8. The maximum absolute atomic E-state index is 14.3. The minimum absolute atomic E-state index is 0.0582. The molecule has 0 amide bonds. The number of hydrazine groups is 1. The topological polar surface area (TPSA) is 77.5 Å². The number of alkyl halides is 3. The fourth-order valence-corrected chi connectivity index (χ4v) is 8.13. The second-order valence-corrected chi connectivity index (χ2v) is 13.0. The predicted molar refractivity (Wildman–Crippen MR) is 146 cm³/mol. The van der Waals surface area contributed by atoms with Crippen LogP contribution in [0, 0.1) is 40.9 Å². The summed E-state index contributed by atoms with van der Waals surface area (Å²) < 4.78 is 45.7. The summed E-state index contributed by atoms with van der Waals surface area (Å²) in [4.78, 5) is 15.9. The molecule has 218 valence electrons. The molecule has 40 heavy (non-hydrogen) atoms. The van der Waals surface area contributed by atoms with Gasteiger partial charge in [0.1, 0.15) is 0 Å². The zero-order chi connectivity index (χ0) is 28.0. The second-order valence-electron chi connectivity index (χ2n) is 13.0. The molecular weight excluding hydrogens is 517 g/mol. The molecule has 2 aromatic rings. The van der Waals surface area contributed by atoms with Crippen molar-refractivity contribution in [3.05, 3.63) is 40.1 Å². The Labute approximate surface area is 233 Å². The highest BCUT2D eigenvalue weighted by atomic mass is 19.4. The normalized spacial score (nSPS) is 31.2. The molecule has 10 heteroatoms. The highest BCUT2D eigenvalue weighted by molar-refractivity contribution is 5.56. The Kier molecular flexibility index (Phi) is 7.75. The Morgan fingerprint density at radius 1 is 1.10 bits per heavy atom. The number of halogens is 3. The third-order valence-electron chi connectivity index (χ3n) is 10.2. The molecule has 0 spiro atoms. The van der Waals surface area contributed by atoms with Crippen LogP contribution in [0.25, 0.3) is 5.52 Å². The Morgan fingerprint density at radius 2 is 1.88 bits per heavy atom. The van der Waals surface area contributed by atoms with E-state index in [1.54, 1.807) is 10.8 Å². The highest BCUT2D eigenvalue weighted by Crippen LogP contribution is 2.47. The zero-order valence-electron chi connectivity index (χ0n) is 23.3. The van der Waals surface area contributed by atoms with Gasteiger partial charge in [0.05, 0.1) is 23.1 Å². The maximum Gasteiger partial charge on any atom is 0.418 e. The maximum atomic E-state index is 14.3. The van der Waals surface area contributed by atoms with Gasteiger partial charge in [-0.2, -0.15) is 18.4 Å². The van der Waals surface area contributed by atoms with E-state index in [4.69, 9.17) is 0 Å².